The van der Waals surface area contributed by atoms with E-state index in [1.54, 1.807) is 0 Å². The van der Waals surface area contributed by atoms with Crippen LogP contribution >= 0.6 is 11.3 Å². The molecule has 2 heteroatoms. The minimum atomic E-state index is 0.276. The van der Waals surface area contributed by atoms with Gasteiger partial charge in [-0.3, -0.25) is 0 Å². The van der Waals surface area contributed by atoms with Gasteiger partial charge in [0.05, 0.1) is 5.54 Å². The van der Waals surface area contributed by atoms with Gasteiger partial charge in [0.1, 0.15) is 0 Å². The summed E-state index contributed by atoms with van der Waals surface area (Å²) in [5, 5.41) is 5.78. The lowest BCUT2D eigenvalue weighted by Crippen LogP contribution is -2.32. The van der Waals surface area contributed by atoms with E-state index in [9.17, 15) is 0 Å². The molecule has 1 aromatic rings. The topological polar surface area (TPSA) is 12.0 Å². The van der Waals surface area contributed by atoms with Crippen molar-refractivity contribution < 1.29 is 0 Å². The lowest BCUT2D eigenvalue weighted by molar-refractivity contribution is 0.442. The van der Waals surface area contributed by atoms with E-state index in [4.69, 9.17) is 0 Å². The highest BCUT2D eigenvalue weighted by Crippen LogP contribution is 2.35. The molecule has 1 aliphatic rings. The fourth-order valence-corrected chi connectivity index (χ4v) is 3.12. The molecule has 0 radical (unpaired) electrons. The fourth-order valence-electron chi connectivity index (χ4n) is 2.03. The third-order valence-corrected chi connectivity index (χ3v) is 4.01. The van der Waals surface area contributed by atoms with E-state index in [0.29, 0.717) is 0 Å². The Balaban J connectivity index is 2.34. The zero-order chi connectivity index (χ0) is 8.60. The van der Waals surface area contributed by atoms with Crippen molar-refractivity contribution >= 4 is 11.3 Å². The Bertz CT molecular complexity index is 271. The molecule has 2 heterocycles. The third-order valence-electron chi connectivity index (χ3n) is 2.73. The highest BCUT2D eigenvalue weighted by molar-refractivity contribution is 7.10. The highest BCUT2D eigenvalue weighted by Gasteiger charge is 2.31. The van der Waals surface area contributed by atoms with Crippen molar-refractivity contribution in [3.63, 3.8) is 0 Å². The first kappa shape index (κ1) is 8.27. The van der Waals surface area contributed by atoms with Gasteiger partial charge in [-0.05, 0) is 50.2 Å². The van der Waals surface area contributed by atoms with Crippen molar-refractivity contribution in [2.24, 2.45) is 0 Å². The summed E-state index contributed by atoms with van der Waals surface area (Å²) in [6.07, 6.45) is 2.60. The van der Waals surface area contributed by atoms with E-state index in [2.05, 4.69) is 30.6 Å². The Kier molecular flexibility index (Phi) is 1.97. The summed E-state index contributed by atoms with van der Waals surface area (Å²) in [7, 11) is 0. The average molecular weight is 181 g/mol. The van der Waals surface area contributed by atoms with E-state index in [-0.39, 0.29) is 5.54 Å². The molecule has 1 nitrogen and oxygen atoms in total. The lowest BCUT2D eigenvalue weighted by atomic mass is 9.96. The van der Waals surface area contributed by atoms with Crippen molar-refractivity contribution in [3.05, 3.63) is 21.9 Å². The molecule has 1 fully saturated rings. The zero-order valence-corrected chi connectivity index (χ0v) is 8.50. The molecule has 0 amide bonds. The molecule has 0 aliphatic carbocycles. The molecule has 1 atom stereocenters. The van der Waals surface area contributed by atoms with Gasteiger partial charge in [0.15, 0.2) is 0 Å². The molecular formula is C10H15NS. The summed E-state index contributed by atoms with van der Waals surface area (Å²) >= 11 is 1.88. The monoisotopic (exact) mass is 181 g/mol. The summed E-state index contributed by atoms with van der Waals surface area (Å²) in [5.74, 6) is 0. The minimum absolute atomic E-state index is 0.276. The second kappa shape index (κ2) is 2.86. The first-order valence-corrected chi connectivity index (χ1v) is 5.40. The molecule has 0 saturated carbocycles. The molecule has 0 spiro atoms. The largest absolute Gasteiger partial charge is 0.307 e. The Labute approximate surface area is 77.8 Å². The van der Waals surface area contributed by atoms with Crippen molar-refractivity contribution in [1.29, 1.82) is 0 Å². The molecular weight excluding hydrogens is 166 g/mol. The maximum absolute atomic E-state index is 3.59. The van der Waals surface area contributed by atoms with Gasteiger partial charge in [-0.2, -0.15) is 0 Å². The quantitative estimate of drug-likeness (QED) is 0.702. The van der Waals surface area contributed by atoms with Crippen LogP contribution in [0.25, 0.3) is 0 Å². The van der Waals surface area contributed by atoms with Gasteiger partial charge >= 0.3 is 0 Å². The molecule has 1 saturated heterocycles. The second-order valence-corrected chi connectivity index (χ2v) is 4.71. The van der Waals surface area contributed by atoms with Gasteiger partial charge in [-0.1, -0.05) is 0 Å². The Morgan fingerprint density at radius 3 is 2.92 bits per heavy atom. The molecule has 1 aromatic heterocycles. The van der Waals surface area contributed by atoms with Gasteiger partial charge < -0.3 is 5.32 Å². The maximum atomic E-state index is 3.59. The smallest absolute Gasteiger partial charge is 0.0503 e. The summed E-state index contributed by atoms with van der Waals surface area (Å²) in [4.78, 5) is 1.53. The Morgan fingerprint density at radius 1 is 1.58 bits per heavy atom. The normalized spacial score (nSPS) is 29.5. The van der Waals surface area contributed by atoms with Crippen LogP contribution in [0.4, 0.5) is 0 Å². The number of hydrogen-bond donors (Lipinski definition) is 1. The second-order valence-electron chi connectivity index (χ2n) is 3.80. The van der Waals surface area contributed by atoms with Crippen molar-refractivity contribution in [1.82, 2.24) is 5.32 Å². The van der Waals surface area contributed by atoms with Gasteiger partial charge in [0.2, 0.25) is 0 Å². The Hall–Kier alpha value is -0.340. The zero-order valence-electron chi connectivity index (χ0n) is 7.68. The van der Waals surface area contributed by atoms with Crippen LogP contribution in [-0.4, -0.2) is 6.54 Å². The van der Waals surface area contributed by atoms with Crippen molar-refractivity contribution in [3.8, 4) is 0 Å². The molecule has 2 rings (SSSR count). The van der Waals surface area contributed by atoms with Crippen molar-refractivity contribution in [2.75, 3.05) is 6.54 Å². The maximum Gasteiger partial charge on any atom is 0.0503 e. The van der Waals surface area contributed by atoms with Crippen LogP contribution in [0.5, 0.6) is 0 Å². The van der Waals surface area contributed by atoms with E-state index in [0.717, 1.165) is 0 Å². The molecule has 66 valence electrons. The van der Waals surface area contributed by atoms with Gasteiger partial charge in [0, 0.05) is 4.88 Å². The van der Waals surface area contributed by atoms with Crippen LogP contribution in [-0.2, 0) is 5.54 Å². The predicted molar refractivity (Wildman–Crippen MR) is 53.6 cm³/mol. The van der Waals surface area contributed by atoms with E-state index < -0.39 is 0 Å². The van der Waals surface area contributed by atoms with Crippen LogP contribution in [0.15, 0.2) is 11.4 Å². The van der Waals surface area contributed by atoms with Crippen LogP contribution in [0.1, 0.15) is 30.2 Å². The Morgan fingerprint density at radius 2 is 2.42 bits per heavy atom. The number of rotatable bonds is 1. The number of nitrogens with one attached hydrogen (secondary N) is 1. The van der Waals surface area contributed by atoms with Gasteiger partial charge in [-0.15, -0.1) is 11.3 Å². The third kappa shape index (κ3) is 1.19. The summed E-state index contributed by atoms with van der Waals surface area (Å²) in [6, 6.07) is 2.21. The number of aryl methyl sites for hydroxylation is 1. The minimum Gasteiger partial charge on any atom is -0.307 e. The lowest BCUT2D eigenvalue weighted by Gasteiger charge is -2.23. The highest BCUT2D eigenvalue weighted by atomic mass is 32.1. The van der Waals surface area contributed by atoms with Crippen LogP contribution in [0.2, 0.25) is 0 Å². The SMILES string of the molecule is Cc1ccsc1C1(C)CCCN1. The standard InChI is InChI=1S/C10H15NS/c1-8-4-7-12-9(8)10(2)5-3-6-11-10/h4,7,11H,3,5-6H2,1-2H3. The first-order chi connectivity index (χ1) is 5.72. The molecule has 0 aromatic carbocycles. The molecule has 1 unspecified atom stereocenters. The van der Waals surface area contributed by atoms with E-state index in [1.807, 2.05) is 11.3 Å². The van der Waals surface area contributed by atoms with Crippen LogP contribution in [0, 0.1) is 6.92 Å². The van der Waals surface area contributed by atoms with Gasteiger partial charge in [0.25, 0.3) is 0 Å². The van der Waals surface area contributed by atoms with Crippen molar-refractivity contribution in [2.45, 2.75) is 32.2 Å². The first-order valence-electron chi connectivity index (χ1n) is 4.52. The predicted octanol–water partition coefficient (Wildman–Crippen LogP) is 2.66. The fraction of sp³-hybridized carbons (Fsp3) is 0.600. The molecule has 0 bridgehead atoms. The van der Waals surface area contributed by atoms with Crippen LogP contribution in [0.3, 0.4) is 0 Å². The molecule has 12 heavy (non-hydrogen) atoms. The molecule has 1 N–H and O–H groups in total. The average Bonchev–Trinajstić information content (AvgIpc) is 2.59. The number of hydrogen-bond acceptors (Lipinski definition) is 2. The van der Waals surface area contributed by atoms with Crippen LogP contribution < -0.4 is 5.32 Å². The summed E-state index contributed by atoms with van der Waals surface area (Å²) in [6.45, 7) is 5.70. The summed E-state index contributed by atoms with van der Waals surface area (Å²) < 4.78 is 0. The summed E-state index contributed by atoms with van der Waals surface area (Å²) in [5.41, 5.74) is 1.72. The van der Waals surface area contributed by atoms with E-state index in [1.165, 1.54) is 29.8 Å². The number of thiophene rings is 1. The molecule has 1 aliphatic heterocycles. The van der Waals surface area contributed by atoms with Gasteiger partial charge in [-0.25, -0.2) is 0 Å². The van der Waals surface area contributed by atoms with E-state index >= 15 is 0 Å².